The third-order valence-electron chi connectivity index (χ3n) is 20.5. The van der Waals surface area contributed by atoms with Gasteiger partial charge in [-0.2, -0.15) is 0 Å². The van der Waals surface area contributed by atoms with Gasteiger partial charge in [-0.15, -0.1) is 0 Å². The maximum Gasteiger partial charge on any atom is 0.342 e. The number of aromatic hydroxyl groups is 5. The van der Waals surface area contributed by atoms with Crippen LogP contribution in [0.5, 0.6) is 51.7 Å². The maximum atomic E-state index is 12.7. The number of ether oxygens (including phenoxy) is 9. The van der Waals surface area contributed by atoms with E-state index in [-0.39, 0.29) is 145 Å². The highest BCUT2D eigenvalue weighted by atomic mass is 16.7. The number of aliphatic hydroxyl groups excluding tert-OH is 9. The number of phenols is 5. The molecule has 36 heteroatoms. The fourth-order valence-corrected chi connectivity index (χ4v) is 13.2. The molecule has 0 bridgehead atoms. The maximum absolute atomic E-state index is 12.7. The average molecular weight is 1870 g/mol. The average Bonchev–Trinajstić information content (AvgIpc) is 0.836. The zero-order valence-electron chi connectivity index (χ0n) is 75.8. The minimum Gasteiger partial charge on any atom is -0.507 e. The predicted octanol–water partition coefficient (Wildman–Crippen LogP) is 7.97. The van der Waals surface area contributed by atoms with E-state index in [1.54, 1.807) is 76.3 Å². The predicted molar refractivity (Wildman–Crippen MR) is 491 cm³/mol. The molecule has 1 unspecified atom stereocenters. The molecule has 36 nitrogen and oxygen atoms in total. The van der Waals surface area contributed by atoms with E-state index in [0.29, 0.717) is 71.4 Å². The summed E-state index contributed by atoms with van der Waals surface area (Å²) in [7, 11) is 5.77. The molecule has 0 aromatic heterocycles. The lowest BCUT2D eigenvalue weighted by Crippen LogP contribution is -2.36. The summed E-state index contributed by atoms with van der Waals surface area (Å²) in [5.74, 6) is -5.73. The van der Waals surface area contributed by atoms with Crippen molar-refractivity contribution in [2.75, 3.05) is 48.6 Å². The number of aryl methyl sites for hydroxylation is 1. The number of benzene rings is 5. The summed E-state index contributed by atoms with van der Waals surface area (Å²) in [5, 5.41) is 149. The van der Waals surface area contributed by atoms with Crippen LogP contribution in [0.15, 0.2) is 152 Å². The minimum atomic E-state index is -1.56. The molecule has 17 N–H and O–H groups in total. The Balaban J connectivity index is 0.000000258. The molecule has 5 aromatic rings. The molecule has 3 amide bonds. The molecule has 10 rings (SSSR count). The number of hydrogen-bond acceptors (Lipinski definition) is 33. The van der Waals surface area contributed by atoms with Gasteiger partial charge >= 0.3 is 17.9 Å². The lowest BCUT2D eigenvalue weighted by atomic mass is 10.00. The molecule has 5 aliphatic heterocycles. The van der Waals surface area contributed by atoms with Crippen molar-refractivity contribution in [2.45, 2.75) is 197 Å². The Bertz CT molecular complexity index is 5080. The van der Waals surface area contributed by atoms with Crippen molar-refractivity contribution >= 4 is 89.1 Å². The van der Waals surface area contributed by atoms with Crippen molar-refractivity contribution in [2.24, 2.45) is 0 Å². The second-order valence-corrected chi connectivity index (χ2v) is 31.4. The highest BCUT2D eigenvalue weighted by Gasteiger charge is 2.31. The zero-order valence-corrected chi connectivity index (χ0v) is 75.8. The van der Waals surface area contributed by atoms with E-state index in [0.717, 1.165) is 17.7 Å². The number of ketones is 4. The number of cyclic esters (lactones) is 3. The van der Waals surface area contributed by atoms with Gasteiger partial charge < -0.3 is 130 Å². The van der Waals surface area contributed by atoms with Crippen LogP contribution in [0.2, 0.25) is 0 Å². The number of hydrogen-bond donors (Lipinski definition) is 17. The van der Waals surface area contributed by atoms with Crippen molar-refractivity contribution in [3.05, 3.63) is 213 Å². The molecule has 5 heterocycles. The van der Waals surface area contributed by atoms with E-state index < -0.39 is 126 Å². The molecule has 724 valence electrons. The second kappa shape index (κ2) is 55.3. The van der Waals surface area contributed by atoms with Crippen LogP contribution in [-0.4, -0.2) is 264 Å². The van der Waals surface area contributed by atoms with Crippen molar-refractivity contribution < 1.29 is 162 Å². The highest BCUT2D eigenvalue weighted by molar-refractivity contribution is 6.03. The number of fused-ring (bicyclic) bond motifs is 5. The smallest absolute Gasteiger partial charge is 0.342 e. The standard InChI is InChI=1S/C20H25NO6.2C20H24O8.C19H23NO6.C19H23NO5/c1-3-13-7-5-9-16(23)19(25)15(22)8-4-6-12-10-14(27-2)11-17(24)18(12)20(26)21-13;2*1-12-5-3-7-15(21)19(24)16(22)8-4-6-13-9-14(27-11-26-2)10-17(23)18(13)20(25)28-12;1-11-5-3-7-14(21)18(24)15(22)8-4-6-12-9-13(26-2)10-16(23)17(12)19(25)20-11;1-12-9-14-6-4-7-15(11-21)20-17(23)8-3-5-13(2)25-19(24)18(14)16(22)10-12/h4-6,9-11,13,15,19,22,24-25H,3,7-8H2,1-2H3,(H,21,26);2*3-4,6-7,9-10,12,16,19,22-24H,5,8,11H2,1-2H3;3-4,6-7,9-11,15,18,22-24H,5,8H2,1-2H3,(H,20,25);3-4,6,8-10,13,15,21-22H,5,7,11H2,1-2H3,(H,20,23)/b6-4+,9-5-;3*6-4+,7-3-;6-4+,8-3-/t13-,15-,19-;12-,16+,19-;12-,16-,19+;11-,15-,18+;13-,15?/m00000/s1. The van der Waals surface area contributed by atoms with Crippen LogP contribution in [0.3, 0.4) is 0 Å². The van der Waals surface area contributed by atoms with Crippen LogP contribution in [0.4, 0.5) is 0 Å². The quantitative estimate of drug-likeness (QED) is 0.0358. The Morgan fingerprint density at radius 2 is 0.627 bits per heavy atom. The number of aliphatic hydroxyl groups is 9. The zero-order chi connectivity index (χ0) is 99.0. The Hall–Kier alpha value is -13.2. The molecule has 0 radical (unpaired) electrons. The van der Waals surface area contributed by atoms with Crippen LogP contribution < -0.4 is 34.9 Å². The second-order valence-electron chi connectivity index (χ2n) is 31.4. The van der Waals surface area contributed by atoms with E-state index in [9.17, 15) is 119 Å². The lowest BCUT2D eigenvalue weighted by Gasteiger charge is -2.18. The molecule has 0 spiro atoms. The van der Waals surface area contributed by atoms with Crippen molar-refractivity contribution in [1.82, 2.24) is 16.0 Å². The van der Waals surface area contributed by atoms with Gasteiger partial charge in [-0.1, -0.05) is 104 Å². The topological polar surface area (TPSA) is 573 Å². The molecule has 5 aromatic carbocycles. The third kappa shape index (κ3) is 34.4. The van der Waals surface area contributed by atoms with Crippen molar-refractivity contribution in [3.63, 3.8) is 0 Å². The van der Waals surface area contributed by atoms with Gasteiger partial charge in [-0.25, -0.2) is 14.4 Å². The number of methoxy groups -OCH3 is 4. The van der Waals surface area contributed by atoms with Crippen LogP contribution in [0.25, 0.3) is 30.4 Å². The molecular formula is C98H119N3O33. The summed E-state index contributed by atoms with van der Waals surface area (Å²) in [6.45, 7) is 10.1. The first-order chi connectivity index (χ1) is 63.8. The summed E-state index contributed by atoms with van der Waals surface area (Å²) in [4.78, 5) is 122. The van der Waals surface area contributed by atoms with Gasteiger partial charge in [0.15, 0.2) is 36.7 Å². The molecule has 0 saturated carbocycles. The fourth-order valence-electron chi connectivity index (χ4n) is 13.2. The van der Waals surface area contributed by atoms with E-state index >= 15 is 0 Å². The number of carbonyl (C=O) groups is 10. The van der Waals surface area contributed by atoms with E-state index in [1.807, 2.05) is 13.8 Å². The number of esters is 3. The van der Waals surface area contributed by atoms with E-state index in [2.05, 4.69) is 16.0 Å². The van der Waals surface area contributed by atoms with Gasteiger partial charge in [0, 0.05) is 69.8 Å². The molecule has 0 fully saturated rings. The van der Waals surface area contributed by atoms with Crippen molar-refractivity contribution in [3.8, 4) is 51.7 Å². The van der Waals surface area contributed by atoms with Crippen LogP contribution in [-0.2, 0) is 47.7 Å². The van der Waals surface area contributed by atoms with Crippen LogP contribution in [0, 0.1) is 6.92 Å². The molecule has 5 aliphatic rings. The number of rotatable bonds is 10. The van der Waals surface area contributed by atoms with Gasteiger partial charge in [-0.3, -0.25) is 33.6 Å². The van der Waals surface area contributed by atoms with Gasteiger partial charge in [-0.05, 0) is 180 Å². The summed E-state index contributed by atoms with van der Waals surface area (Å²) in [6, 6.07) is 13.7. The molecular weight excluding hydrogens is 1750 g/mol. The first kappa shape index (κ1) is 110. The number of carbonyl (C=O) groups excluding carboxylic acids is 10. The largest absolute Gasteiger partial charge is 0.507 e. The molecule has 134 heavy (non-hydrogen) atoms. The Kier molecular flexibility index (Phi) is 45.2. The van der Waals surface area contributed by atoms with Gasteiger partial charge in [0.1, 0.15) is 111 Å². The monoisotopic (exact) mass is 1870 g/mol. The minimum absolute atomic E-state index is 0.00262. The Morgan fingerprint density at radius 3 is 0.985 bits per heavy atom. The summed E-state index contributed by atoms with van der Waals surface area (Å²) in [5.41, 5.74) is 2.90. The summed E-state index contributed by atoms with van der Waals surface area (Å²) >= 11 is 0. The van der Waals surface area contributed by atoms with Crippen LogP contribution >= 0.6 is 0 Å². The Labute approximate surface area is 774 Å². The molecule has 0 saturated heterocycles. The normalized spacial score (nSPS) is 26.0. The first-order valence-electron chi connectivity index (χ1n) is 42.8. The van der Waals surface area contributed by atoms with Crippen molar-refractivity contribution in [1.29, 1.82) is 0 Å². The summed E-state index contributed by atoms with van der Waals surface area (Å²) < 4.78 is 46.5. The van der Waals surface area contributed by atoms with E-state index in [1.165, 1.54) is 150 Å². The number of phenolic OH excluding ortho intramolecular Hbond substituents is 5. The third-order valence-corrected chi connectivity index (χ3v) is 20.5. The number of amides is 3. The van der Waals surface area contributed by atoms with Gasteiger partial charge in [0.25, 0.3) is 11.8 Å². The van der Waals surface area contributed by atoms with Gasteiger partial charge in [0.05, 0.1) is 62.4 Å². The van der Waals surface area contributed by atoms with Crippen LogP contribution in [0.1, 0.15) is 190 Å². The fraction of sp³-hybridized carbons (Fsp3) is 0.388. The lowest BCUT2D eigenvalue weighted by molar-refractivity contribution is -0.128. The highest BCUT2D eigenvalue weighted by Crippen LogP contribution is 2.36. The first-order valence-corrected chi connectivity index (χ1v) is 42.8. The van der Waals surface area contributed by atoms with E-state index in [4.69, 9.17) is 42.6 Å². The molecule has 0 aliphatic carbocycles. The number of nitrogens with one attached hydrogen (secondary N) is 3. The SMILES string of the molecule is CC[C@H]1C/C=C\C(=O)[C@@H](O)[C@@H](O)C/C=C/c2cc(OC)cc(O)c2C(=O)N1.COCOc1cc(O)c2c(c1)/C=C/C[C@@H](O)[C@@H](O)C(=O)/C=C\C[C@H](C)OC2=O.COCOc1cc(O)c2c(c1)/C=C/C[C@H](O)[C@H](O)C(=O)/C=C\C[C@H](C)OC2=O.COc1cc(O)c2c(c1)/C=C/C[C@H](O)[C@H](O)C(=O)/C=C\C[C@H](C)NC2=O.Cc1cc(O)c2c(c1)/C=C/CC(CO)NC(=O)/C=C\C[C@H](C)OC2=O. The molecule has 14 atom stereocenters. The summed E-state index contributed by atoms with van der Waals surface area (Å²) in [6.07, 6.45) is 18.6. The Morgan fingerprint density at radius 1 is 0.336 bits per heavy atom. The van der Waals surface area contributed by atoms with Gasteiger partial charge in [0.2, 0.25) is 5.91 Å².